The molecular formula is C23H39N3O4. The number of benzene rings is 1. The van der Waals surface area contributed by atoms with Crippen LogP contribution >= 0.6 is 0 Å². The maximum absolute atomic E-state index is 10.4. The normalized spacial score (nSPS) is 19.7. The first kappa shape index (κ1) is 23.3. The highest BCUT2D eigenvalue weighted by molar-refractivity contribution is 5.43. The molecule has 2 aliphatic rings. The number of hydrogen-bond acceptors (Lipinski definition) is 7. The molecule has 1 aromatic rings. The number of β-amino-alcohol motifs (C(OH)–C–C–N with tert-alkyl or cyclic N) is 1. The number of hydrogen-bond donors (Lipinski definition) is 1. The molecule has 2 fully saturated rings. The van der Waals surface area contributed by atoms with Crippen molar-refractivity contribution in [3.8, 4) is 11.5 Å². The second-order valence-electron chi connectivity index (χ2n) is 8.50. The lowest BCUT2D eigenvalue weighted by atomic mass is 10.1. The number of aliphatic hydroxyl groups excluding tert-OH is 1. The Balaban J connectivity index is 1.47. The van der Waals surface area contributed by atoms with E-state index in [1.165, 1.54) is 24.8 Å². The number of nitrogens with zero attached hydrogens (tertiary/aromatic N) is 3. The van der Waals surface area contributed by atoms with Gasteiger partial charge in [0.2, 0.25) is 0 Å². The highest BCUT2D eigenvalue weighted by Gasteiger charge is 2.16. The minimum Gasteiger partial charge on any atom is -0.493 e. The third-order valence-corrected chi connectivity index (χ3v) is 5.93. The number of piperidine rings is 1. The minimum absolute atomic E-state index is 0.281. The summed E-state index contributed by atoms with van der Waals surface area (Å²) in [6.45, 7) is 9.75. The largest absolute Gasteiger partial charge is 0.493 e. The molecule has 2 heterocycles. The fourth-order valence-corrected chi connectivity index (χ4v) is 4.14. The van der Waals surface area contributed by atoms with Crippen molar-refractivity contribution in [2.24, 2.45) is 0 Å². The van der Waals surface area contributed by atoms with Gasteiger partial charge in [-0.3, -0.25) is 4.90 Å². The number of aliphatic hydroxyl groups is 1. The van der Waals surface area contributed by atoms with Crippen LogP contribution in [0.5, 0.6) is 11.5 Å². The zero-order chi connectivity index (χ0) is 21.2. The van der Waals surface area contributed by atoms with Gasteiger partial charge in [0.25, 0.3) is 0 Å². The first-order chi connectivity index (χ1) is 14.6. The first-order valence-corrected chi connectivity index (χ1v) is 11.3. The van der Waals surface area contributed by atoms with Crippen LogP contribution in [-0.4, -0.2) is 106 Å². The van der Waals surface area contributed by atoms with E-state index in [2.05, 4.69) is 27.8 Å². The summed E-state index contributed by atoms with van der Waals surface area (Å²) >= 11 is 0. The Hall–Kier alpha value is -1.38. The number of rotatable bonds is 11. The maximum Gasteiger partial charge on any atom is 0.161 e. The van der Waals surface area contributed by atoms with E-state index in [0.717, 1.165) is 59.0 Å². The molecule has 0 spiro atoms. The predicted molar refractivity (Wildman–Crippen MR) is 118 cm³/mol. The Kier molecular flexibility index (Phi) is 9.68. The highest BCUT2D eigenvalue weighted by Crippen LogP contribution is 2.28. The van der Waals surface area contributed by atoms with Gasteiger partial charge in [-0.05, 0) is 50.7 Å². The molecule has 7 heteroatoms. The monoisotopic (exact) mass is 421 g/mol. The summed E-state index contributed by atoms with van der Waals surface area (Å²) in [5.41, 5.74) is 1.18. The molecule has 1 aromatic carbocycles. The van der Waals surface area contributed by atoms with Crippen molar-refractivity contribution in [1.29, 1.82) is 0 Å². The van der Waals surface area contributed by atoms with Gasteiger partial charge in [-0.25, -0.2) is 0 Å². The van der Waals surface area contributed by atoms with Crippen LogP contribution in [0.15, 0.2) is 18.2 Å². The van der Waals surface area contributed by atoms with E-state index >= 15 is 0 Å². The summed E-state index contributed by atoms with van der Waals surface area (Å²) in [5.74, 6) is 1.41. The molecule has 0 unspecified atom stereocenters. The topological polar surface area (TPSA) is 57.6 Å². The second kappa shape index (κ2) is 12.5. The number of ether oxygens (including phenoxy) is 3. The summed E-state index contributed by atoms with van der Waals surface area (Å²) in [4.78, 5) is 7.10. The third kappa shape index (κ3) is 7.71. The molecule has 2 aliphatic heterocycles. The summed E-state index contributed by atoms with van der Waals surface area (Å²) in [5, 5.41) is 10.4. The lowest BCUT2D eigenvalue weighted by Crippen LogP contribution is -2.40. The molecule has 0 amide bonds. The number of morpholine rings is 1. The highest BCUT2D eigenvalue weighted by atomic mass is 16.5. The predicted octanol–water partition coefficient (Wildman–Crippen LogP) is 1.68. The van der Waals surface area contributed by atoms with Gasteiger partial charge in [-0.1, -0.05) is 12.5 Å². The zero-order valence-electron chi connectivity index (χ0n) is 18.7. The van der Waals surface area contributed by atoms with Gasteiger partial charge in [0.15, 0.2) is 11.5 Å². The van der Waals surface area contributed by atoms with E-state index in [4.69, 9.17) is 14.2 Å². The molecule has 1 atom stereocenters. The van der Waals surface area contributed by atoms with Crippen LogP contribution in [0, 0.1) is 0 Å². The van der Waals surface area contributed by atoms with Crippen molar-refractivity contribution in [3.05, 3.63) is 23.8 Å². The van der Waals surface area contributed by atoms with Crippen LogP contribution in [0.2, 0.25) is 0 Å². The zero-order valence-corrected chi connectivity index (χ0v) is 18.7. The first-order valence-electron chi connectivity index (χ1n) is 11.3. The molecule has 3 rings (SSSR count). The molecule has 7 nitrogen and oxygen atoms in total. The Morgan fingerprint density at radius 3 is 2.57 bits per heavy atom. The summed E-state index contributed by atoms with van der Waals surface area (Å²) < 4.78 is 16.8. The Bertz CT molecular complexity index is 618. The van der Waals surface area contributed by atoms with E-state index in [1.54, 1.807) is 7.11 Å². The molecule has 1 N–H and O–H groups in total. The number of likely N-dealkylation sites (N-methyl/N-ethyl adjacent to an activating group) is 1. The van der Waals surface area contributed by atoms with Crippen LogP contribution in [0.25, 0.3) is 0 Å². The summed E-state index contributed by atoms with van der Waals surface area (Å²) in [6, 6.07) is 6.08. The van der Waals surface area contributed by atoms with E-state index in [1.807, 2.05) is 12.1 Å². The van der Waals surface area contributed by atoms with Gasteiger partial charge >= 0.3 is 0 Å². The van der Waals surface area contributed by atoms with Crippen molar-refractivity contribution in [1.82, 2.24) is 14.7 Å². The Morgan fingerprint density at radius 2 is 1.83 bits per heavy atom. The van der Waals surface area contributed by atoms with E-state index in [-0.39, 0.29) is 6.61 Å². The summed E-state index contributed by atoms with van der Waals surface area (Å²) in [6.07, 6.45) is 3.26. The van der Waals surface area contributed by atoms with Gasteiger partial charge in [-0.15, -0.1) is 0 Å². The van der Waals surface area contributed by atoms with E-state index < -0.39 is 6.10 Å². The quantitative estimate of drug-likeness (QED) is 0.583. The van der Waals surface area contributed by atoms with Gasteiger partial charge in [0, 0.05) is 39.3 Å². The average molecular weight is 422 g/mol. The molecular weight excluding hydrogens is 382 g/mol. The number of methoxy groups -OCH3 is 1. The van der Waals surface area contributed by atoms with Crippen molar-refractivity contribution in [3.63, 3.8) is 0 Å². The van der Waals surface area contributed by atoms with Crippen molar-refractivity contribution >= 4 is 0 Å². The molecule has 0 radical (unpaired) electrons. The fourth-order valence-electron chi connectivity index (χ4n) is 4.14. The molecule has 0 aliphatic carbocycles. The van der Waals surface area contributed by atoms with Gasteiger partial charge in [-0.2, -0.15) is 0 Å². The summed E-state index contributed by atoms with van der Waals surface area (Å²) in [7, 11) is 3.80. The molecule has 0 bridgehead atoms. The second-order valence-corrected chi connectivity index (χ2v) is 8.50. The number of likely N-dealkylation sites (tertiary alicyclic amines) is 1. The van der Waals surface area contributed by atoms with Crippen LogP contribution in [0.4, 0.5) is 0 Å². The fraction of sp³-hybridized carbons (Fsp3) is 0.739. The van der Waals surface area contributed by atoms with Crippen LogP contribution < -0.4 is 9.47 Å². The van der Waals surface area contributed by atoms with E-state index in [0.29, 0.717) is 18.0 Å². The van der Waals surface area contributed by atoms with Crippen LogP contribution in [0.3, 0.4) is 0 Å². The lowest BCUT2D eigenvalue weighted by Gasteiger charge is -2.29. The van der Waals surface area contributed by atoms with Gasteiger partial charge in [0.1, 0.15) is 12.7 Å². The van der Waals surface area contributed by atoms with Crippen LogP contribution in [-0.2, 0) is 11.3 Å². The van der Waals surface area contributed by atoms with E-state index in [9.17, 15) is 5.11 Å². The van der Waals surface area contributed by atoms with Gasteiger partial charge < -0.3 is 29.1 Å². The van der Waals surface area contributed by atoms with Crippen molar-refractivity contribution in [2.45, 2.75) is 31.9 Å². The molecule has 0 saturated carbocycles. The maximum atomic E-state index is 10.4. The lowest BCUT2D eigenvalue weighted by molar-refractivity contribution is 0.0342. The smallest absolute Gasteiger partial charge is 0.161 e. The minimum atomic E-state index is -0.493. The van der Waals surface area contributed by atoms with Crippen molar-refractivity contribution in [2.75, 3.05) is 79.8 Å². The van der Waals surface area contributed by atoms with Crippen molar-refractivity contribution < 1.29 is 19.3 Å². The molecule has 0 aromatic heterocycles. The molecule has 30 heavy (non-hydrogen) atoms. The Morgan fingerprint density at radius 1 is 1.07 bits per heavy atom. The molecule has 2 saturated heterocycles. The van der Waals surface area contributed by atoms with Crippen LogP contribution in [0.1, 0.15) is 24.8 Å². The third-order valence-electron chi connectivity index (χ3n) is 5.93. The molecule has 170 valence electrons. The average Bonchev–Trinajstić information content (AvgIpc) is 2.78. The Labute approximate surface area is 181 Å². The standard InChI is InChI=1S/C23H39N3O4/c1-24(10-11-25-12-14-29-15-13-25)17-20-6-7-22(28-2)23(16-20)30-19-21(27)18-26-8-4-3-5-9-26/h6-7,16,21,27H,3-5,8-15,17-19H2,1-2H3/t21-/m0/s1. The van der Waals surface area contributed by atoms with Gasteiger partial charge in [0.05, 0.1) is 20.3 Å². The SMILES string of the molecule is COc1ccc(CN(C)CCN2CCOCC2)cc1OC[C@@H](O)CN1CCCCC1.